The lowest BCUT2D eigenvalue weighted by Crippen LogP contribution is -2.55. The highest BCUT2D eigenvalue weighted by Gasteiger charge is 2.71. The molecule has 0 aromatic carbocycles. The van der Waals surface area contributed by atoms with E-state index in [1.807, 2.05) is 0 Å². The lowest BCUT2D eigenvalue weighted by atomic mass is 9.94. The number of alkyl halides is 6. The minimum Gasteiger partial charge on any atom is -0.384 e. The van der Waals surface area contributed by atoms with Crippen LogP contribution < -0.4 is 10.6 Å². The minimum absolute atomic E-state index is 0.0177. The Labute approximate surface area is 196 Å². The van der Waals surface area contributed by atoms with Gasteiger partial charge in [0.2, 0.25) is 10.0 Å². The Kier molecular flexibility index (Phi) is 6.95. The van der Waals surface area contributed by atoms with Crippen molar-refractivity contribution < 1.29 is 39.9 Å². The molecule has 1 fully saturated rings. The van der Waals surface area contributed by atoms with Gasteiger partial charge in [0.15, 0.2) is 0 Å². The number of anilines is 2. The second kappa shape index (κ2) is 9.17. The summed E-state index contributed by atoms with van der Waals surface area (Å²) in [4.78, 5) is 8.80. The smallest absolute Gasteiger partial charge is 0.384 e. The third kappa shape index (κ3) is 4.86. The maximum Gasteiger partial charge on any atom is 0.430 e. The molecule has 8 nitrogen and oxygen atoms in total. The van der Waals surface area contributed by atoms with Crippen LogP contribution in [0.25, 0.3) is 0 Å². The van der Waals surface area contributed by atoms with E-state index in [9.17, 15) is 39.9 Å². The molecular weight excluding hydrogens is 504 g/mol. The van der Waals surface area contributed by atoms with E-state index < -0.39 is 39.6 Å². The van der Waals surface area contributed by atoms with Crippen LogP contribution in [0.5, 0.6) is 0 Å². The number of nitrogens with two attached hydrogens (primary N) is 1. The van der Waals surface area contributed by atoms with Gasteiger partial charge in [-0.15, -0.1) is 5.92 Å². The topological polar surface area (TPSA) is 113 Å². The molecule has 1 aliphatic heterocycles. The molecule has 0 aliphatic carbocycles. The minimum atomic E-state index is -6.04. The fraction of sp³-hybridized carbons (Fsp3) is 0.400. The quantitative estimate of drug-likeness (QED) is 0.467. The third-order valence-corrected chi connectivity index (χ3v) is 7.18. The molecule has 0 spiro atoms. The van der Waals surface area contributed by atoms with Gasteiger partial charge in [0.1, 0.15) is 22.6 Å². The van der Waals surface area contributed by atoms with Crippen molar-refractivity contribution in [2.75, 3.05) is 30.3 Å². The maximum absolute atomic E-state index is 13.1. The summed E-state index contributed by atoms with van der Waals surface area (Å²) in [5, 5.41) is 9.53. The lowest BCUT2D eigenvalue weighted by Gasteiger charge is -2.39. The molecule has 1 saturated heterocycles. The van der Waals surface area contributed by atoms with Crippen LogP contribution in [0.15, 0.2) is 41.6 Å². The van der Waals surface area contributed by atoms with Crippen molar-refractivity contribution in [1.82, 2.24) is 14.3 Å². The molecular formula is C20H19F6N5O3S. The summed E-state index contributed by atoms with van der Waals surface area (Å²) < 4.78 is 106. The van der Waals surface area contributed by atoms with Gasteiger partial charge in [-0.05, 0) is 25.1 Å². The molecule has 3 rings (SSSR count). The number of hydrogen-bond donors (Lipinski definition) is 2. The number of nitrogen functional groups attached to an aromatic ring is 1. The molecule has 15 heteroatoms. The fourth-order valence-corrected chi connectivity index (χ4v) is 4.88. The second-order valence-electron chi connectivity index (χ2n) is 7.50. The highest BCUT2D eigenvalue weighted by molar-refractivity contribution is 7.89. The summed E-state index contributed by atoms with van der Waals surface area (Å²) in [7, 11) is -3.98. The zero-order valence-electron chi connectivity index (χ0n) is 18.0. The van der Waals surface area contributed by atoms with Gasteiger partial charge in [-0.3, -0.25) is 0 Å². The van der Waals surface area contributed by atoms with E-state index in [1.54, 1.807) is 0 Å². The Bertz CT molecular complexity index is 1210. The Balaban J connectivity index is 1.89. The Morgan fingerprint density at radius 2 is 1.69 bits per heavy atom. The van der Waals surface area contributed by atoms with Crippen LogP contribution in [-0.4, -0.2) is 65.8 Å². The van der Waals surface area contributed by atoms with Crippen molar-refractivity contribution in [3.63, 3.8) is 0 Å². The molecule has 190 valence electrons. The molecule has 2 aromatic rings. The molecule has 1 aliphatic rings. The van der Waals surface area contributed by atoms with Gasteiger partial charge in [-0.2, -0.15) is 30.6 Å². The van der Waals surface area contributed by atoms with Crippen LogP contribution >= 0.6 is 0 Å². The van der Waals surface area contributed by atoms with Crippen LogP contribution in [0.2, 0.25) is 0 Å². The molecule has 0 radical (unpaired) electrons. The SMILES string of the molecule is CC#CC1CN(S(=O)(=O)c2ccc(N)nc2)CCN1c1ccc(C(O)(C(F)(F)F)C(F)(F)F)cn1. The number of piperazine rings is 1. The molecule has 0 amide bonds. The summed E-state index contributed by atoms with van der Waals surface area (Å²) in [6.45, 7) is 1.23. The predicted octanol–water partition coefficient (Wildman–Crippen LogP) is 2.27. The average Bonchev–Trinajstić information content (AvgIpc) is 2.77. The van der Waals surface area contributed by atoms with Crippen molar-refractivity contribution in [3.05, 3.63) is 42.2 Å². The zero-order valence-corrected chi connectivity index (χ0v) is 18.8. The van der Waals surface area contributed by atoms with E-state index in [2.05, 4.69) is 21.8 Å². The van der Waals surface area contributed by atoms with Gasteiger partial charge in [-0.1, -0.05) is 12.0 Å². The normalized spacial score (nSPS) is 18.2. The summed E-state index contributed by atoms with van der Waals surface area (Å²) in [6, 6.07) is 3.15. The molecule has 1 atom stereocenters. The molecule has 2 aromatic heterocycles. The molecule has 1 unspecified atom stereocenters. The lowest BCUT2D eigenvalue weighted by molar-refractivity contribution is -0.376. The number of rotatable bonds is 4. The van der Waals surface area contributed by atoms with E-state index in [0.29, 0.717) is 6.07 Å². The molecule has 0 bridgehead atoms. The second-order valence-corrected chi connectivity index (χ2v) is 9.43. The first kappa shape index (κ1) is 26.5. The first-order chi connectivity index (χ1) is 16.1. The monoisotopic (exact) mass is 523 g/mol. The Hall–Kier alpha value is -3.09. The van der Waals surface area contributed by atoms with Gasteiger partial charge in [0.25, 0.3) is 5.60 Å². The summed E-state index contributed by atoms with van der Waals surface area (Å²) in [6.07, 6.45) is -10.7. The molecule has 35 heavy (non-hydrogen) atoms. The Morgan fingerprint density at radius 1 is 1.03 bits per heavy atom. The number of aromatic nitrogens is 2. The van der Waals surface area contributed by atoms with Crippen molar-refractivity contribution in [3.8, 4) is 11.8 Å². The highest BCUT2D eigenvalue weighted by atomic mass is 32.2. The third-order valence-electron chi connectivity index (χ3n) is 5.33. The van der Waals surface area contributed by atoms with Crippen LogP contribution in [0, 0.1) is 11.8 Å². The standard InChI is InChI=1S/C20H19F6N5O3S/c1-2-3-14-12-30(35(33,34)15-5-6-16(27)28-11-15)8-9-31(14)17-7-4-13(10-29-17)18(32,19(21,22)23)20(24,25)26/h4-7,10-11,14,32H,8-9,12H2,1H3,(H2,27,28). The van der Waals surface area contributed by atoms with Crippen LogP contribution in [-0.2, 0) is 15.6 Å². The number of nitrogens with zero attached hydrogens (tertiary/aromatic N) is 4. The molecule has 0 saturated carbocycles. The molecule has 3 heterocycles. The average molecular weight is 523 g/mol. The fourth-order valence-electron chi connectivity index (χ4n) is 3.49. The summed E-state index contributed by atoms with van der Waals surface area (Å²) in [5.74, 6) is 5.48. The molecule has 3 N–H and O–H groups in total. The van der Waals surface area contributed by atoms with Crippen molar-refractivity contribution in [2.24, 2.45) is 0 Å². The van der Waals surface area contributed by atoms with E-state index in [0.717, 1.165) is 16.6 Å². The number of hydrogen-bond acceptors (Lipinski definition) is 7. The number of pyridine rings is 2. The van der Waals surface area contributed by atoms with E-state index in [-0.39, 0.29) is 42.4 Å². The largest absolute Gasteiger partial charge is 0.430 e. The summed E-state index contributed by atoms with van der Waals surface area (Å²) in [5.41, 5.74) is -1.12. The van der Waals surface area contributed by atoms with Gasteiger partial charge in [0.05, 0.1) is 0 Å². The van der Waals surface area contributed by atoms with Crippen molar-refractivity contribution >= 4 is 21.7 Å². The van der Waals surface area contributed by atoms with Gasteiger partial charge < -0.3 is 15.7 Å². The van der Waals surface area contributed by atoms with E-state index in [1.165, 1.54) is 24.0 Å². The first-order valence-corrected chi connectivity index (χ1v) is 11.3. The van der Waals surface area contributed by atoms with Crippen molar-refractivity contribution in [2.45, 2.75) is 35.8 Å². The number of sulfonamides is 1. The van der Waals surface area contributed by atoms with Gasteiger partial charge in [-0.25, -0.2) is 18.4 Å². The number of halogens is 6. The van der Waals surface area contributed by atoms with Crippen LogP contribution in [0.4, 0.5) is 38.0 Å². The van der Waals surface area contributed by atoms with Crippen LogP contribution in [0.3, 0.4) is 0 Å². The zero-order chi connectivity index (χ0) is 26.2. The highest BCUT2D eigenvalue weighted by Crippen LogP contribution is 2.50. The van der Waals surface area contributed by atoms with Gasteiger partial charge in [0, 0.05) is 37.6 Å². The van der Waals surface area contributed by atoms with E-state index in [4.69, 9.17) is 5.73 Å². The maximum atomic E-state index is 13.1. The van der Waals surface area contributed by atoms with E-state index >= 15 is 0 Å². The van der Waals surface area contributed by atoms with Crippen LogP contribution in [0.1, 0.15) is 12.5 Å². The first-order valence-electron chi connectivity index (χ1n) is 9.86. The summed E-state index contributed by atoms with van der Waals surface area (Å²) >= 11 is 0. The Morgan fingerprint density at radius 3 is 2.17 bits per heavy atom. The van der Waals surface area contributed by atoms with Gasteiger partial charge >= 0.3 is 12.4 Å². The van der Waals surface area contributed by atoms with Crippen molar-refractivity contribution in [1.29, 1.82) is 0 Å². The number of aliphatic hydroxyl groups is 1. The predicted molar refractivity (Wildman–Crippen MR) is 112 cm³/mol.